The van der Waals surface area contributed by atoms with Crippen molar-refractivity contribution in [1.29, 1.82) is 0 Å². The van der Waals surface area contributed by atoms with Gasteiger partial charge in [0, 0.05) is 13.7 Å². The highest BCUT2D eigenvalue weighted by atomic mass is 16.5. The van der Waals surface area contributed by atoms with Crippen molar-refractivity contribution < 1.29 is 9.47 Å². The summed E-state index contributed by atoms with van der Waals surface area (Å²) in [5.74, 6) is 0.747. The smallest absolute Gasteiger partial charge is 0.0700 e. The molecule has 0 heterocycles. The second-order valence-corrected chi connectivity index (χ2v) is 3.48. The first-order valence-electron chi connectivity index (χ1n) is 5.41. The van der Waals surface area contributed by atoms with E-state index in [9.17, 15) is 0 Å². The van der Waals surface area contributed by atoms with Gasteiger partial charge in [-0.3, -0.25) is 0 Å². The standard InChI is InChI=1S/C11H24O2/c1-4-6-7-11(5-2)10-13-9-8-12-3/h11H,4-10H2,1-3H3. The first-order chi connectivity index (χ1) is 6.35. The maximum atomic E-state index is 5.50. The summed E-state index contributed by atoms with van der Waals surface area (Å²) < 4.78 is 10.4. The van der Waals surface area contributed by atoms with Gasteiger partial charge in [-0.1, -0.05) is 33.1 Å². The van der Waals surface area contributed by atoms with Crippen LogP contribution in [0.25, 0.3) is 0 Å². The van der Waals surface area contributed by atoms with Crippen LogP contribution in [0.2, 0.25) is 0 Å². The summed E-state index contributed by atoms with van der Waals surface area (Å²) in [7, 11) is 1.71. The molecule has 0 aliphatic rings. The Balaban J connectivity index is 3.25. The highest BCUT2D eigenvalue weighted by molar-refractivity contribution is 4.55. The van der Waals surface area contributed by atoms with Crippen LogP contribution in [0, 0.1) is 5.92 Å². The van der Waals surface area contributed by atoms with Crippen LogP contribution in [0.15, 0.2) is 0 Å². The van der Waals surface area contributed by atoms with Crippen molar-refractivity contribution in [2.75, 3.05) is 26.9 Å². The van der Waals surface area contributed by atoms with Crippen LogP contribution in [0.5, 0.6) is 0 Å². The molecule has 80 valence electrons. The molecule has 0 aromatic rings. The van der Waals surface area contributed by atoms with Gasteiger partial charge in [0.1, 0.15) is 0 Å². The van der Waals surface area contributed by atoms with Crippen molar-refractivity contribution in [3.05, 3.63) is 0 Å². The molecule has 0 radical (unpaired) electrons. The van der Waals surface area contributed by atoms with Gasteiger partial charge in [-0.15, -0.1) is 0 Å². The normalized spacial score (nSPS) is 13.2. The molecule has 0 saturated heterocycles. The Hall–Kier alpha value is -0.0800. The molecule has 0 rings (SSSR count). The van der Waals surface area contributed by atoms with Crippen LogP contribution in [-0.4, -0.2) is 26.9 Å². The van der Waals surface area contributed by atoms with E-state index < -0.39 is 0 Å². The van der Waals surface area contributed by atoms with Crippen LogP contribution in [0.4, 0.5) is 0 Å². The quantitative estimate of drug-likeness (QED) is 0.518. The lowest BCUT2D eigenvalue weighted by Gasteiger charge is -2.14. The van der Waals surface area contributed by atoms with Crippen molar-refractivity contribution >= 4 is 0 Å². The van der Waals surface area contributed by atoms with E-state index >= 15 is 0 Å². The van der Waals surface area contributed by atoms with Gasteiger partial charge in [0.25, 0.3) is 0 Å². The first kappa shape index (κ1) is 12.9. The van der Waals surface area contributed by atoms with E-state index in [2.05, 4.69) is 13.8 Å². The Bertz CT molecular complexity index is 94.1. The third kappa shape index (κ3) is 8.26. The van der Waals surface area contributed by atoms with Crippen molar-refractivity contribution in [2.24, 2.45) is 5.92 Å². The molecule has 0 spiro atoms. The van der Waals surface area contributed by atoms with Gasteiger partial charge in [-0.05, 0) is 12.3 Å². The van der Waals surface area contributed by atoms with Crippen molar-refractivity contribution in [3.63, 3.8) is 0 Å². The fourth-order valence-electron chi connectivity index (χ4n) is 1.29. The number of methoxy groups -OCH3 is 1. The minimum absolute atomic E-state index is 0.713. The summed E-state index contributed by atoms with van der Waals surface area (Å²) in [6, 6.07) is 0. The van der Waals surface area contributed by atoms with Gasteiger partial charge in [0.2, 0.25) is 0 Å². The molecule has 1 unspecified atom stereocenters. The lowest BCUT2D eigenvalue weighted by atomic mass is 10.0. The number of rotatable bonds is 9. The van der Waals surface area contributed by atoms with Crippen LogP contribution >= 0.6 is 0 Å². The van der Waals surface area contributed by atoms with E-state index in [4.69, 9.17) is 9.47 Å². The summed E-state index contributed by atoms with van der Waals surface area (Å²) in [4.78, 5) is 0. The number of unbranched alkanes of at least 4 members (excludes halogenated alkanes) is 1. The molecule has 0 fully saturated rings. The third-order valence-electron chi connectivity index (χ3n) is 2.33. The summed E-state index contributed by atoms with van der Waals surface area (Å²) in [6.45, 7) is 6.82. The average Bonchev–Trinajstić information content (AvgIpc) is 2.17. The summed E-state index contributed by atoms with van der Waals surface area (Å²) in [6.07, 6.45) is 5.15. The molecular formula is C11H24O2. The van der Waals surface area contributed by atoms with Crippen molar-refractivity contribution in [3.8, 4) is 0 Å². The van der Waals surface area contributed by atoms with E-state index in [0.29, 0.717) is 6.61 Å². The summed E-state index contributed by atoms with van der Waals surface area (Å²) in [5, 5.41) is 0. The zero-order chi connectivity index (χ0) is 9.94. The van der Waals surface area contributed by atoms with Gasteiger partial charge in [-0.2, -0.15) is 0 Å². The minimum Gasteiger partial charge on any atom is -0.382 e. The summed E-state index contributed by atoms with van der Waals surface area (Å²) >= 11 is 0. The van der Waals surface area contributed by atoms with Crippen LogP contribution < -0.4 is 0 Å². The molecule has 0 bridgehead atoms. The highest BCUT2D eigenvalue weighted by Crippen LogP contribution is 2.12. The predicted octanol–water partition coefficient (Wildman–Crippen LogP) is 2.87. The maximum Gasteiger partial charge on any atom is 0.0700 e. The molecule has 0 amide bonds. The third-order valence-corrected chi connectivity index (χ3v) is 2.33. The van der Waals surface area contributed by atoms with Crippen molar-refractivity contribution in [1.82, 2.24) is 0 Å². The molecule has 0 aromatic heterocycles. The fourth-order valence-corrected chi connectivity index (χ4v) is 1.29. The number of hydrogen-bond acceptors (Lipinski definition) is 2. The molecule has 0 N–H and O–H groups in total. The SMILES string of the molecule is CCCCC(CC)COCCOC. The largest absolute Gasteiger partial charge is 0.382 e. The fraction of sp³-hybridized carbons (Fsp3) is 1.00. The molecule has 2 heteroatoms. The van der Waals surface area contributed by atoms with Crippen LogP contribution in [0.1, 0.15) is 39.5 Å². The Kier molecular flexibility index (Phi) is 9.94. The lowest BCUT2D eigenvalue weighted by Crippen LogP contribution is -2.11. The van der Waals surface area contributed by atoms with E-state index in [1.165, 1.54) is 25.7 Å². The zero-order valence-corrected chi connectivity index (χ0v) is 9.34. The molecule has 2 nitrogen and oxygen atoms in total. The first-order valence-corrected chi connectivity index (χ1v) is 5.41. The lowest BCUT2D eigenvalue weighted by molar-refractivity contribution is 0.0485. The Labute approximate surface area is 82.6 Å². The average molecular weight is 188 g/mol. The van der Waals surface area contributed by atoms with Gasteiger partial charge < -0.3 is 9.47 Å². The van der Waals surface area contributed by atoms with Gasteiger partial charge in [0.15, 0.2) is 0 Å². The monoisotopic (exact) mass is 188 g/mol. The highest BCUT2D eigenvalue weighted by Gasteiger charge is 2.04. The molecule has 1 atom stereocenters. The summed E-state index contributed by atoms with van der Waals surface area (Å²) in [5.41, 5.74) is 0. The van der Waals surface area contributed by atoms with Gasteiger partial charge >= 0.3 is 0 Å². The van der Waals surface area contributed by atoms with Crippen LogP contribution in [-0.2, 0) is 9.47 Å². The predicted molar refractivity (Wildman–Crippen MR) is 56.0 cm³/mol. The minimum atomic E-state index is 0.713. The zero-order valence-electron chi connectivity index (χ0n) is 9.34. The topological polar surface area (TPSA) is 18.5 Å². The van der Waals surface area contributed by atoms with Crippen molar-refractivity contribution in [2.45, 2.75) is 39.5 Å². The molecule has 13 heavy (non-hydrogen) atoms. The van der Waals surface area contributed by atoms with Crippen LogP contribution in [0.3, 0.4) is 0 Å². The maximum absolute atomic E-state index is 5.50. The number of ether oxygens (including phenoxy) is 2. The Morgan fingerprint density at radius 1 is 1.15 bits per heavy atom. The molecule has 0 aromatic carbocycles. The number of hydrogen-bond donors (Lipinski definition) is 0. The van der Waals surface area contributed by atoms with E-state index in [0.717, 1.165) is 19.1 Å². The van der Waals surface area contributed by atoms with E-state index in [-0.39, 0.29) is 0 Å². The molecule has 0 saturated carbocycles. The van der Waals surface area contributed by atoms with E-state index in [1.54, 1.807) is 7.11 Å². The van der Waals surface area contributed by atoms with Gasteiger partial charge in [-0.25, -0.2) is 0 Å². The molecule has 0 aliphatic carbocycles. The second-order valence-electron chi connectivity index (χ2n) is 3.48. The Morgan fingerprint density at radius 2 is 1.92 bits per heavy atom. The van der Waals surface area contributed by atoms with E-state index in [1.807, 2.05) is 0 Å². The second kappa shape index (κ2) is 10.0. The molecule has 0 aliphatic heterocycles. The molecular weight excluding hydrogens is 164 g/mol. The van der Waals surface area contributed by atoms with Gasteiger partial charge in [0.05, 0.1) is 13.2 Å². The Morgan fingerprint density at radius 3 is 2.46 bits per heavy atom.